The molecule has 1 rings (SSSR count). The van der Waals surface area contributed by atoms with E-state index in [9.17, 15) is 0 Å². The molecule has 2 atom stereocenters. The third-order valence-corrected chi connectivity index (χ3v) is 4.69. The molecule has 1 aliphatic carbocycles. The highest BCUT2D eigenvalue weighted by Crippen LogP contribution is 2.30. The predicted molar refractivity (Wildman–Crippen MR) is 77.3 cm³/mol. The van der Waals surface area contributed by atoms with Gasteiger partial charge in [0.25, 0.3) is 0 Å². The van der Waals surface area contributed by atoms with Gasteiger partial charge in [-0.25, -0.2) is 0 Å². The Hall–Kier alpha value is -0.0400. The van der Waals surface area contributed by atoms with Gasteiger partial charge in [-0.3, -0.25) is 0 Å². The Morgan fingerprint density at radius 1 is 1.00 bits per heavy atom. The van der Waals surface area contributed by atoms with Crippen molar-refractivity contribution in [1.29, 1.82) is 0 Å². The summed E-state index contributed by atoms with van der Waals surface area (Å²) in [5.41, 5.74) is 0. The van der Waals surface area contributed by atoms with Crippen molar-refractivity contribution in [3.8, 4) is 0 Å². The van der Waals surface area contributed by atoms with Gasteiger partial charge in [0.2, 0.25) is 0 Å². The lowest BCUT2D eigenvalue weighted by atomic mass is 9.79. The Labute approximate surface area is 109 Å². The Morgan fingerprint density at radius 3 is 2.06 bits per heavy atom. The van der Waals surface area contributed by atoms with Gasteiger partial charge in [-0.05, 0) is 56.8 Å². The van der Waals surface area contributed by atoms with Crippen molar-refractivity contribution >= 4 is 0 Å². The van der Waals surface area contributed by atoms with Crippen LogP contribution in [0.2, 0.25) is 0 Å². The molecular weight excluding hydrogens is 206 g/mol. The molecule has 1 nitrogen and oxygen atoms in total. The van der Waals surface area contributed by atoms with Gasteiger partial charge in [0.05, 0.1) is 0 Å². The van der Waals surface area contributed by atoms with Gasteiger partial charge < -0.3 is 5.32 Å². The molecule has 1 aliphatic rings. The molecular formula is C16H33N. The van der Waals surface area contributed by atoms with E-state index in [0.29, 0.717) is 6.04 Å². The van der Waals surface area contributed by atoms with Crippen LogP contribution in [0.15, 0.2) is 0 Å². The average molecular weight is 239 g/mol. The maximum Gasteiger partial charge on any atom is 0.00697 e. The fraction of sp³-hybridized carbons (Fsp3) is 1.00. The molecule has 1 N–H and O–H groups in total. The van der Waals surface area contributed by atoms with Crippen LogP contribution in [0.1, 0.15) is 73.1 Å². The minimum atomic E-state index is 0.700. The second-order valence-electron chi connectivity index (χ2n) is 6.67. The summed E-state index contributed by atoms with van der Waals surface area (Å²) in [5, 5.41) is 3.84. The highest BCUT2D eigenvalue weighted by Gasteiger charge is 2.24. The maximum absolute atomic E-state index is 3.84. The number of rotatable bonds is 6. The Balaban J connectivity index is 2.21. The molecule has 1 heteroatoms. The van der Waals surface area contributed by atoms with Gasteiger partial charge in [0.1, 0.15) is 0 Å². The first kappa shape index (κ1) is 15.0. The topological polar surface area (TPSA) is 12.0 Å². The molecule has 0 heterocycles. The zero-order valence-electron chi connectivity index (χ0n) is 12.6. The molecule has 17 heavy (non-hydrogen) atoms. The Morgan fingerprint density at radius 2 is 1.59 bits per heavy atom. The first-order valence-electron chi connectivity index (χ1n) is 7.78. The minimum Gasteiger partial charge on any atom is -0.311 e. The Kier molecular flexibility index (Phi) is 6.54. The lowest BCUT2D eigenvalue weighted by Gasteiger charge is -2.33. The Bertz CT molecular complexity index is 192. The molecule has 0 aromatic carbocycles. The molecule has 0 saturated heterocycles. The van der Waals surface area contributed by atoms with Crippen molar-refractivity contribution in [3.63, 3.8) is 0 Å². The van der Waals surface area contributed by atoms with Gasteiger partial charge in [0.15, 0.2) is 0 Å². The fourth-order valence-electron chi connectivity index (χ4n) is 3.19. The second-order valence-corrected chi connectivity index (χ2v) is 6.67. The van der Waals surface area contributed by atoms with Crippen molar-refractivity contribution in [1.82, 2.24) is 5.32 Å². The summed E-state index contributed by atoms with van der Waals surface area (Å²) in [6, 6.07) is 1.50. The van der Waals surface area contributed by atoms with Crippen LogP contribution in [0.3, 0.4) is 0 Å². The van der Waals surface area contributed by atoms with Crippen molar-refractivity contribution < 1.29 is 0 Å². The van der Waals surface area contributed by atoms with E-state index in [4.69, 9.17) is 0 Å². The van der Waals surface area contributed by atoms with Crippen LogP contribution in [0.5, 0.6) is 0 Å². The highest BCUT2D eigenvalue weighted by atomic mass is 14.9. The predicted octanol–water partition coefficient (Wildman–Crippen LogP) is 4.62. The number of hydrogen-bond acceptors (Lipinski definition) is 1. The molecule has 0 spiro atoms. The number of hydrogen-bond donors (Lipinski definition) is 1. The summed E-state index contributed by atoms with van der Waals surface area (Å²) in [7, 11) is 0. The van der Waals surface area contributed by atoms with Gasteiger partial charge in [-0.2, -0.15) is 0 Å². The summed E-state index contributed by atoms with van der Waals surface area (Å²) < 4.78 is 0. The van der Waals surface area contributed by atoms with Gasteiger partial charge in [0, 0.05) is 12.1 Å². The van der Waals surface area contributed by atoms with E-state index in [1.54, 1.807) is 0 Å². The molecule has 0 aromatic rings. The average Bonchev–Trinajstić information content (AvgIpc) is 2.29. The summed E-state index contributed by atoms with van der Waals surface area (Å²) in [6.45, 7) is 11.8. The molecule has 0 bridgehead atoms. The third kappa shape index (κ3) is 5.42. The molecule has 0 aromatic heterocycles. The lowest BCUT2D eigenvalue weighted by molar-refractivity contribution is 0.224. The molecule has 1 fully saturated rings. The SMILES string of the molecule is CCC(C)CC(C)NC1CCC(C(C)C)CC1. The summed E-state index contributed by atoms with van der Waals surface area (Å²) >= 11 is 0. The van der Waals surface area contributed by atoms with Crippen LogP contribution in [0.4, 0.5) is 0 Å². The van der Waals surface area contributed by atoms with E-state index in [2.05, 4.69) is 39.9 Å². The third-order valence-electron chi connectivity index (χ3n) is 4.69. The quantitative estimate of drug-likeness (QED) is 0.713. The minimum absolute atomic E-state index is 0.700. The first-order chi connectivity index (χ1) is 8.02. The lowest BCUT2D eigenvalue weighted by Crippen LogP contribution is -2.40. The van der Waals surface area contributed by atoms with Crippen LogP contribution in [-0.2, 0) is 0 Å². The van der Waals surface area contributed by atoms with E-state index >= 15 is 0 Å². The number of nitrogens with one attached hydrogen (secondary N) is 1. The molecule has 0 aliphatic heterocycles. The van der Waals surface area contributed by atoms with Gasteiger partial charge >= 0.3 is 0 Å². The van der Waals surface area contributed by atoms with Crippen LogP contribution >= 0.6 is 0 Å². The van der Waals surface area contributed by atoms with Crippen LogP contribution in [0, 0.1) is 17.8 Å². The van der Waals surface area contributed by atoms with Gasteiger partial charge in [-0.15, -0.1) is 0 Å². The standard InChI is InChI=1S/C16H33N/c1-6-13(4)11-14(5)17-16-9-7-15(8-10-16)12(2)3/h12-17H,6-11H2,1-5H3. The molecule has 102 valence electrons. The second kappa shape index (κ2) is 7.41. The molecule has 0 amide bonds. The van der Waals surface area contributed by atoms with E-state index in [0.717, 1.165) is 23.8 Å². The van der Waals surface area contributed by atoms with Crippen molar-refractivity contribution in [2.45, 2.75) is 85.2 Å². The van der Waals surface area contributed by atoms with Crippen LogP contribution in [0.25, 0.3) is 0 Å². The normalized spacial score (nSPS) is 29.3. The summed E-state index contributed by atoms with van der Waals surface area (Å²) in [4.78, 5) is 0. The van der Waals surface area contributed by atoms with E-state index < -0.39 is 0 Å². The molecule has 2 unspecified atom stereocenters. The van der Waals surface area contributed by atoms with E-state index in [1.165, 1.54) is 38.5 Å². The van der Waals surface area contributed by atoms with E-state index in [1.807, 2.05) is 0 Å². The zero-order valence-corrected chi connectivity index (χ0v) is 12.6. The maximum atomic E-state index is 3.84. The van der Waals surface area contributed by atoms with Crippen molar-refractivity contribution in [2.75, 3.05) is 0 Å². The fourth-order valence-corrected chi connectivity index (χ4v) is 3.19. The van der Waals surface area contributed by atoms with Crippen molar-refractivity contribution in [3.05, 3.63) is 0 Å². The molecule has 0 radical (unpaired) electrons. The van der Waals surface area contributed by atoms with Crippen molar-refractivity contribution in [2.24, 2.45) is 17.8 Å². The van der Waals surface area contributed by atoms with E-state index in [-0.39, 0.29) is 0 Å². The molecule has 1 saturated carbocycles. The zero-order chi connectivity index (χ0) is 12.8. The van der Waals surface area contributed by atoms with Gasteiger partial charge in [-0.1, -0.05) is 34.1 Å². The summed E-state index contributed by atoms with van der Waals surface area (Å²) in [5.74, 6) is 2.73. The first-order valence-corrected chi connectivity index (χ1v) is 7.78. The highest BCUT2D eigenvalue weighted by molar-refractivity contribution is 4.80. The smallest absolute Gasteiger partial charge is 0.00697 e. The van der Waals surface area contributed by atoms with Crippen LogP contribution < -0.4 is 5.32 Å². The van der Waals surface area contributed by atoms with Crippen LogP contribution in [-0.4, -0.2) is 12.1 Å². The summed E-state index contributed by atoms with van der Waals surface area (Å²) in [6.07, 6.45) is 8.31. The largest absolute Gasteiger partial charge is 0.311 e. The monoisotopic (exact) mass is 239 g/mol.